The molecule has 0 radical (unpaired) electrons. The Labute approximate surface area is 134 Å². The molecule has 0 unspecified atom stereocenters. The van der Waals surface area contributed by atoms with Gasteiger partial charge in [-0.05, 0) is 11.1 Å². The van der Waals surface area contributed by atoms with E-state index in [0.29, 0.717) is 11.1 Å². The van der Waals surface area contributed by atoms with Gasteiger partial charge in [-0.25, -0.2) is 8.42 Å². The molecule has 0 bridgehead atoms. The minimum Gasteiger partial charge on any atom is -0.218 e. The van der Waals surface area contributed by atoms with Crippen LogP contribution >= 0.6 is 23.2 Å². The molecule has 0 amide bonds. The zero-order chi connectivity index (χ0) is 15.3. The Morgan fingerprint density at radius 2 is 1.05 bits per heavy atom. The van der Waals surface area contributed by atoms with Crippen molar-refractivity contribution in [3.63, 3.8) is 0 Å². The second-order valence-electron chi connectivity index (χ2n) is 4.18. The zero-order valence-electron chi connectivity index (χ0n) is 10.9. The molecule has 0 fully saturated rings. The first kappa shape index (κ1) is 15.8. The van der Waals surface area contributed by atoms with Gasteiger partial charge in [0.2, 0.25) is 9.84 Å². The van der Waals surface area contributed by atoms with Crippen molar-refractivity contribution in [1.29, 1.82) is 0 Å². The molecule has 0 saturated heterocycles. The average Bonchev–Trinajstić information content (AvgIpc) is 2.50. The smallest absolute Gasteiger partial charge is 0.209 e. The molecule has 2 aromatic rings. The largest absolute Gasteiger partial charge is 0.218 e. The van der Waals surface area contributed by atoms with Crippen LogP contribution in [0.15, 0.2) is 71.7 Å². The van der Waals surface area contributed by atoms with Crippen LogP contribution in [0.25, 0.3) is 9.81 Å². The van der Waals surface area contributed by atoms with Gasteiger partial charge in [-0.15, -0.1) is 0 Å². The first-order chi connectivity index (χ1) is 10.1. The van der Waals surface area contributed by atoms with E-state index in [0.717, 1.165) is 11.1 Å². The van der Waals surface area contributed by atoms with E-state index in [-0.39, 0.29) is 9.81 Å². The predicted molar refractivity (Wildman–Crippen MR) is 89.5 cm³/mol. The fourth-order valence-electron chi connectivity index (χ4n) is 1.88. The molecule has 0 saturated carbocycles. The van der Waals surface area contributed by atoms with Gasteiger partial charge in [0, 0.05) is 11.1 Å². The van der Waals surface area contributed by atoms with Crippen molar-refractivity contribution in [2.45, 2.75) is 0 Å². The van der Waals surface area contributed by atoms with Gasteiger partial charge in [0.05, 0.1) is 9.81 Å². The summed E-state index contributed by atoms with van der Waals surface area (Å²) in [4.78, 5) is 0.0287. The second-order valence-corrected chi connectivity index (χ2v) is 6.51. The maximum Gasteiger partial charge on any atom is 0.209 e. The highest BCUT2D eigenvalue weighted by Gasteiger charge is 2.25. The van der Waals surface area contributed by atoms with Crippen molar-refractivity contribution in [3.8, 4) is 0 Å². The van der Waals surface area contributed by atoms with E-state index in [1.165, 1.54) is 0 Å². The van der Waals surface area contributed by atoms with Crippen LogP contribution in [0, 0.1) is 0 Å². The van der Waals surface area contributed by atoms with Crippen molar-refractivity contribution < 1.29 is 8.42 Å². The Hall–Kier alpha value is -1.55. The molecular formula is C16H12Cl2O2S. The summed E-state index contributed by atoms with van der Waals surface area (Å²) in [7, 11) is -3.81. The fourth-order valence-corrected chi connectivity index (χ4v) is 4.20. The average molecular weight is 339 g/mol. The van der Waals surface area contributed by atoms with Crippen molar-refractivity contribution in [2.24, 2.45) is 0 Å². The van der Waals surface area contributed by atoms with Crippen molar-refractivity contribution in [2.75, 3.05) is 0 Å². The number of hydrogen-bond acceptors (Lipinski definition) is 2. The molecule has 2 rings (SSSR count). The molecular weight excluding hydrogens is 327 g/mol. The highest BCUT2D eigenvalue weighted by atomic mass is 35.5. The summed E-state index contributed by atoms with van der Waals surface area (Å²) in [6, 6.07) is 17.3. The third-order valence-corrected chi connectivity index (χ3v) is 5.45. The van der Waals surface area contributed by atoms with E-state index < -0.39 is 9.84 Å². The molecule has 0 aliphatic carbocycles. The molecule has 2 nitrogen and oxygen atoms in total. The Morgan fingerprint density at radius 3 is 1.33 bits per heavy atom. The Balaban J connectivity index is 2.55. The molecule has 0 aliphatic rings. The summed E-state index contributed by atoms with van der Waals surface area (Å²) in [5.74, 6) is 0. The maximum atomic E-state index is 12.8. The molecule has 0 spiro atoms. The van der Waals surface area contributed by atoms with Crippen molar-refractivity contribution in [1.82, 2.24) is 0 Å². The molecule has 5 heteroatoms. The predicted octanol–water partition coefficient (Wildman–Crippen LogP) is 4.88. The number of hydrogen-bond donors (Lipinski definition) is 0. The van der Waals surface area contributed by atoms with Crippen LogP contribution in [0.1, 0.15) is 11.1 Å². The summed E-state index contributed by atoms with van der Waals surface area (Å²) in [5, 5.41) is 0. The monoisotopic (exact) mass is 338 g/mol. The van der Waals surface area contributed by atoms with Gasteiger partial charge in [-0.3, -0.25) is 0 Å². The molecule has 0 atom stereocenters. The Bertz CT molecular complexity index is 703. The van der Waals surface area contributed by atoms with Crippen LogP contribution in [-0.4, -0.2) is 8.42 Å². The first-order valence-electron chi connectivity index (χ1n) is 6.08. The lowest BCUT2D eigenvalue weighted by atomic mass is 10.2. The second kappa shape index (κ2) is 6.94. The van der Waals surface area contributed by atoms with Crippen molar-refractivity contribution >= 4 is 42.8 Å². The van der Waals surface area contributed by atoms with Gasteiger partial charge in [0.1, 0.15) is 0 Å². The van der Waals surface area contributed by atoms with Gasteiger partial charge >= 0.3 is 0 Å². The first-order valence-corrected chi connectivity index (χ1v) is 8.43. The lowest BCUT2D eigenvalue weighted by Crippen LogP contribution is -2.05. The van der Waals surface area contributed by atoms with Crippen LogP contribution in [0.4, 0.5) is 0 Å². The summed E-state index contributed by atoms with van der Waals surface area (Å²) < 4.78 is 25.6. The minimum absolute atomic E-state index is 0.0144. The number of benzene rings is 2. The number of sulfone groups is 1. The molecule has 0 heterocycles. The van der Waals surface area contributed by atoms with E-state index in [4.69, 9.17) is 23.2 Å². The van der Waals surface area contributed by atoms with Gasteiger partial charge in [-0.1, -0.05) is 83.9 Å². The van der Waals surface area contributed by atoms with Crippen LogP contribution in [0.5, 0.6) is 0 Å². The zero-order valence-corrected chi connectivity index (χ0v) is 13.2. The number of halogens is 2. The van der Waals surface area contributed by atoms with E-state index in [1.807, 2.05) is 0 Å². The summed E-state index contributed by atoms with van der Waals surface area (Å²) in [6.07, 6.45) is 0. The third kappa shape index (κ3) is 3.38. The molecule has 2 aromatic carbocycles. The normalized spacial score (nSPS) is 13.2. The van der Waals surface area contributed by atoms with E-state index in [2.05, 4.69) is 0 Å². The van der Waals surface area contributed by atoms with Crippen LogP contribution in [0.2, 0.25) is 0 Å². The van der Waals surface area contributed by atoms with E-state index in [9.17, 15) is 8.42 Å². The number of rotatable bonds is 4. The lowest BCUT2D eigenvalue weighted by molar-refractivity contribution is 0.615. The van der Waals surface area contributed by atoms with Gasteiger partial charge < -0.3 is 0 Å². The van der Waals surface area contributed by atoms with Gasteiger partial charge in [0.25, 0.3) is 0 Å². The van der Waals surface area contributed by atoms with Gasteiger partial charge in [0.15, 0.2) is 0 Å². The molecule has 108 valence electrons. The summed E-state index contributed by atoms with van der Waals surface area (Å²) >= 11 is 11.5. The van der Waals surface area contributed by atoms with Crippen LogP contribution in [0.3, 0.4) is 0 Å². The Morgan fingerprint density at radius 1 is 0.714 bits per heavy atom. The van der Waals surface area contributed by atoms with Crippen molar-refractivity contribution in [3.05, 3.63) is 82.9 Å². The summed E-state index contributed by atoms with van der Waals surface area (Å²) in [6.45, 7) is 0. The Kier molecular flexibility index (Phi) is 5.23. The summed E-state index contributed by atoms with van der Waals surface area (Å²) in [5.41, 5.74) is 3.15. The maximum absolute atomic E-state index is 12.8. The standard InChI is InChI=1S/C16H12Cl2O2S/c17-11-15(13-7-3-1-4-8-13)21(19,20)16(12-18)14-9-5-2-6-10-14/h1-12H. The lowest BCUT2D eigenvalue weighted by Gasteiger charge is -2.11. The molecule has 0 aromatic heterocycles. The molecule has 0 aliphatic heterocycles. The van der Waals surface area contributed by atoms with E-state index >= 15 is 0 Å². The highest BCUT2D eigenvalue weighted by molar-refractivity contribution is 8.09. The fraction of sp³-hybridized carbons (Fsp3) is 0. The highest BCUT2D eigenvalue weighted by Crippen LogP contribution is 2.33. The van der Waals surface area contributed by atoms with Crippen LogP contribution < -0.4 is 0 Å². The SMILES string of the molecule is O=S(=O)(C(=CCl)c1ccccc1)C(=CCl)c1ccccc1. The van der Waals surface area contributed by atoms with E-state index in [1.54, 1.807) is 60.7 Å². The molecule has 21 heavy (non-hydrogen) atoms. The van der Waals surface area contributed by atoms with Gasteiger partial charge in [-0.2, -0.15) is 0 Å². The quantitative estimate of drug-likeness (QED) is 0.796. The topological polar surface area (TPSA) is 34.1 Å². The molecule has 0 N–H and O–H groups in total. The minimum atomic E-state index is -3.81. The third-order valence-electron chi connectivity index (χ3n) is 2.89. The van der Waals surface area contributed by atoms with Crippen LogP contribution in [-0.2, 0) is 9.84 Å².